The predicted molar refractivity (Wildman–Crippen MR) is 135 cm³/mol. The molecule has 1 unspecified atom stereocenters. The van der Waals surface area contributed by atoms with Gasteiger partial charge in [-0.2, -0.15) is 0 Å². The number of ether oxygens (including phenoxy) is 1. The summed E-state index contributed by atoms with van der Waals surface area (Å²) in [4.78, 5) is 54.5. The number of benzene rings is 3. The van der Waals surface area contributed by atoms with Gasteiger partial charge in [-0.1, -0.05) is 42.5 Å². The normalized spacial score (nSPS) is 19.5. The van der Waals surface area contributed by atoms with Crippen molar-refractivity contribution in [2.24, 2.45) is 5.92 Å². The predicted octanol–water partition coefficient (Wildman–Crippen LogP) is 4.29. The number of carbonyl (C=O) groups excluding carboxylic acids is 4. The number of fused-ring (bicyclic) bond motifs is 2. The second-order valence-corrected chi connectivity index (χ2v) is 9.88. The van der Waals surface area contributed by atoms with Gasteiger partial charge >= 0.3 is 5.97 Å². The molecule has 3 aliphatic heterocycles. The molecule has 0 aliphatic carbocycles. The molecule has 0 radical (unpaired) electrons. The summed E-state index contributed by atoms with van der Waals surface area (Å²) in [5.74, 6) is -0.766. The van der Waals surface area contributed by atoms with E-state index in [0.29, 0.717) is 61.2 Å². The van der Waals surface area contributed by atoms with Crippen LogP contribution < -0.4 is 0 Å². The molecule has 0 aromatic heterocycles. The molecule has 1 fully saturated rings. The fourth-order valence-corrected chi connectivity index (χ4v) is 5.55. The summed E-state index contributed by atoms with van der Waals surface area (Å²) < 4.78 is 5.63. The highest BCUT2D eigenvalue weighted by Gasteiger charge is 2.37. The minimum atomic E-state index is -0.372. The molecule has 3 aliphatic rings. The molecular weight excluding hydrogens is 468 g/mol. The quantitative estimate of drug-likeness (QED) is 0.399. The standard InChI is InChI=1S/C30H26N2O5/c33-27(21-10-11-23-22(16-21)17-26(37-30(23)36)20-6-2-1-3-7-20)31-14-12-19(13-15-31)18-32-28(34)24-8-4-5-9-25(24)29(32)35/h1-11,16,19,26H,12-15,17-18H2. The highest BCUT2D eigenvalue weighted by molar-refractivity contribution is 6.21. The van der Waals surface area contributed by atoms with E-state index in [4.69, 9.17) is 4.74 Å². The smallest absolute Gasteiger partial charge is 0.339 e. The number of likely N-dealkylation sites (tertiary alicyclic amines) is 1. The van der Waals surface area contributed by atoms with Gasteiger partial charge in [0.25, 0.3) is 17.7 Å². The van der Waals surface area contributed by atoms with Crippen LogP contribution in [0, 0.1) is 5.92 Å². The summed E-state index contributed by atoms with van der Waals surface area (Å²) in [6.45, 7) is 1.48. The van der Waals surface area contributed by atoms with Gasteiger partial charge in [0.05, 0.1) is 16.7 Å². The van der Waals surface area contributed by atoms with Gasteiger partial charge in [-0.15, -0.1) is 0 Å². The molecule has 0 saturated carbocycles. The summed E-state index contributed by atoms with van der Waals surface area (Å²) in [6.07, 6.45) is 1.58. The van der Waals surface area contributed by atoms with E-state index in [0.717, 1.165) is 11.1 Å². The van der Waals surface area contributed by atoms with Crippen LogP contribution in [0.5, 0.6) is 0 Å². The number of cyclic esters (lactones) is 1. The van der Waals surface area contributed by atoms with E-state index in [1.165, 1.54) is 4.90 Å². The number of carbonyl (C=O) groups is 4. The highest BCUT2D eigenvalue weighted by atomic mass is 16.5. The van der Waals surface area contributed by atoms with Crippen LogP contribution in [-0.4, -0.2) is 53.1 Å². The van der Waals surface area contributed by atoms with E-state index in [-0.39, 0.29) is 35.7 Å². The third-order valence-electron chi connectivity index (χ3n) is 7.62. The van der Waals surface area contributed by atoms with Crippen molar-refractivity contribution in [2.45, 2.75) is 25.4 Å². The Balaban J connectivity index is 1.10. The monoisotopic (exact) mass is 494 g/mol. The van der Waals surface area contributed by atoms with E-state index < -0.39 is 0 Å². The first-order chi connectivity index (χ1) is 18.0. The first-order valence-corrected chi connectivity index (χ1v) is 12.6. The minimum absolute atomic E-state index is 0.0721. The van der Waals surface area contributed by atoms with E-state index in [1.54, 1.807) is 36.4 Å². The second kappa shape index (κ2) is 9.32. The highest BCUT2D eigenvalue weighted by Crippen LogP contribution is 2.32. The molecule has 1 atom stereocenters. The molecule has 3 aromatic carbocycles. The number of imide groups is 1. The van der Waals surface area contributed by atoms with E-state index in [9.17, 15) is 19.2 Å². The summed E-state index contributed by atoms with van der Waals surface area (Å²) >= 11 is 0. The van der Waals surface area contributed by atoms with Crippen molar-refractivity contribution in [3.8, 4) is 0 Å². The lowest BCUT2D eigenvalue weighted by molar-refractivity contribution is 0.0252. The summed E-state index contributed by atoms with van der Waals surface area (Å²) in [7, 11) is 0. The molecule has 7 heteroatoms. The molecule has 186 valence electrons. The van der Waals surface area contributed by atoms with Crippen LogP contribution in [0.15, 0.2) is 72.8 Å². The molecule has 0 bridgehead atoms. The largest absolute Gasteiger partial charge is 0.454 e. The number of esters is 1. The maximum absolute atomic E-state index is 13.3. The van der Waals surface area contributed by atoms with Gasteiger partial charge in [0.2, 0.25) is 0 Å². The van der Waals surface area contributed by atoms with E-state index in [1.807, 2.05) is 41.3 Å². The van der Waals surface area contributed by atoms with Crippen molar-refractivity contribution >= 4 is 23.7 Å². The Morgan fingerprint density at radius 3 is 2.14 bits per heavy atom. The summed E-state index contributed by atoms with van der Waals surface area (Å²) in [5.41, 5.74) is 3.73. The number of rotatable bonds is 4. The number of hydrogen-bond donors (Lipinski definition) is 0. The second-order valence-electron chi connectivity index (χ2n) is 9.88. The summed E-state index contributed by atoms with van der Waals surface area (Å²) in [5, 5.41) is 0. The van der Waals surface area contributed by atoms with Crippen molar-refractivity contribution < 1.29 is 23.9 Å². The van der Waals surface area contributed by atoms with E-state index in [2.05, 4.69) is 0 Å². The van der Waals surface area contributed by atoms with E-state index >= 15 is 0 Å². The van der Waals surface area contributed by atoms with Crippen molar-refractivity contribution in [1.29, 1.82) is 0 Å². The van der Waals surface area contributed by atoms with Crippen LogP contribution in [0.1, 0.15) is 71.5 Å². The number of nitrogens with zero attached hydrogens (tertiary/aromatic N) is 2. The van der Waals surface area contributed by atoms with Gasteiger partial charge in [0.1, 0.15) is 6.10 Å². The Bertz CT molecular complexity index is 1370. The molecule has 0 N–H and O–H groups in total. The van der Waals surface area contributed by atoms with Crippen LogP contribution in [0.4, 0.5) is 0 Å². The lowest BCUT2D eigenvalue weighted by Crippen LogP contribution is -2.43. The van der Waals surface area contributed by atoms with Crippen LogP contribution in [0.2, 0.25) is 0 Å². The van der Waals surface area contributed by atoms with Gasteiger partial charge in [-0.25, -0.2) is 4.79 Å². The average Bonchev–Trinajstić information content (AvgIpc) is 3.18. The third-order valence-corrected chi connectivity index (χ3v) is 7.62. The van der Waals surface area contributed by atoms with Crippen LogP contribution >= 0.6 is 0 Å². The Kier molecular flexibility index (Phi) is 5.83. The lowest BCUT2D eigenvalue weighted by Gasteiger charge is -2.33. The topological polar surface area (TPSA) is 84.0 Å². The first kappa shape index (κ1) is 23.2. The Labute approximate surface area is 214 Å². The Morgan fingerprint density at radius 1 is 0.811 bits per heavy atom. The van der Waals surface area contributed by atoms with Crippen molar-refractivity contribution in [3.05, 3.63) is 106 Å². The van der Waals surface area contributed by atoms with Crippen LogP contribution in [0.3, 0.4) is 0 Å². The van der Waals surface area contributed by atoms with Crippen molar-refractivity contribution in [3.63, 3.8) is 0 Å². The zero-order valence-corrected chi connectivity index (χ0v) is 20.3. The average molecular weight is 495 g/mol. The molecular formula is C30H26N2O5. The summed E-state index contributed by atoms with van der Waals surface area (Å²) in [6, 6.07) is 21.7. The SMILES string of the molecule is O=C1OC(c2ccccc2)Cc2cc(C(=O)N3CCC(CN4C(=O)c5ccccc5C4=O)CC3)ccc21. The molecule has 3 heterocycles. The molecule has 6 rings (SSSR count). The molecule has 37 heavy (non-hydrogen) atoms. The van der Waals surface area contributed by atoms with Gasteiger partial charge in [-0.05, 0) is 60.2 Å². The molecule has 7 nitrogen and oxygen atoms in total. The van der Waals surface area contributed by atoms with Crippen LogP contribution in [-0.2, 0) is 11.2 Å². The Hall–Kier alpha value is -4.26. The van der Waals surface area contributed by atoms with Gasteiger partial charge in [-0.3, -0.25) is 19.3 Å². The minimum Gasteiger partial charge on any atom is -0.454 e. The fourth-order valence-electron chi connectivity index (χ4n) is 5.55. The molecule has 1 saturated heterocycles. The lowest BCUT2D eigenvalue weighted by atomic mass is 9.92. The van der Waals surface area contributed by atoms with Crippen LogP contribution in [0.25, 0.3) is 0 Å². The fraction of sp³-hybridized carbons (Fsp3) is 0.267. The zero-order valence-electron chi connectivity index (χ0n) is 20.3. The molecule has 3 amide bonds. The maximum Gasteiger partial charge on any atom is 0.339 e. The number of amides is 3. The van der Waals surface area contributed by atoms with Gasteiger partial charge < -0.3 is 9.64 Å². The zero-order chi connectivity index (χ0) is 25.5. The molecule has 3 aromatic rings. The van der Waals surface area contributed by atoms with Gasteiger partial charge in [0.15, 0.2) is 0 Å². The first-order valence-electron chi connectivity index (χ1n) is 12.6. The van der Waals surface area contributed by atoms with Crippen molar-refractivity contribution in [1.82, 2.24) is 9.80 Å². The number of hydrogen-bond acceptors (Lipinski definition) is 5. The third kappa shape index (κ3) is 4.20. The Morgan fingerprint density at radius 2 is 1.46 bits per heavy atom. The number of piperidine rings is 1. The van der Waals surface area contributed by atoms with Gasteiger partial charge in [0, 0.05) is 31.6 Å². The van der Waals surface area contributed by atoms with Crippen molar-refractivity contribution in [2.75, 3.05) is 19.6 Å². The molecule has 0 spiro atoms. The maximum atomic E-state index is 13.3.